The van der Waals surface area contributed by atoms with Crippen molar-refractivity contribution in [1.82, 2.24) is 0 Å². The van der Waals surface area contributed by atoms with Gasteiger partial charge in [0.2, 0.25) is 0 Å². The van der Waals surface area contributed by atoms with Crippen molar-refractivity contribution in [1.29, 1.82) is 0 Å². The first kappa shape index (κ1) is 28.0. The van der Waals surface area contributed by atoms with Gasteiger partial charge in [-0.05, 0) is 108 Å². The van der Waals surface area contributed by atoms with Gasteiger partial charge in [-0.1, -0.05) is 102 Å². The third-order valence-electron chi connectivity index (χ3n) is 12.5. The topological polar surface area (TPSA) is 26.3 Å². The number of fused-ring (bicyclic) bond motifs is 6. The van der Waals surface area contributed by atoms with E-state index in [0.29, 0.717) is 11.0 Å². The van der Waals surface area contributed by atoms with Crippen molar-refractivity contribution in [3.05, 3.63) is 59.7 Å². The lowest BCUT2D eigenvalue weighted by Crippen LogP contribution is -2.51. The molecule has 8 atom stereocenters. The molecule has 0 spiro atoms. The van der Waals surface area contributed by atoms with Crippen molar-refractivity contribution in [2.45, 2.75) is 111 Å². The minimum absolute atomic E-state index is 0.00116. The van der Waals surface area contributed by atoms with Gasteiger partial charge in [0.25, 0.3) is 0 Å². The number of esters is 1. The molecule has 40 heavy (non-hydrogen) atoms. The second-order valence-corrected chi connectivity index (χ2v) is 15.1. The molecule has 0 N–H and O–H groups in total. The van der Waals surface area contributed by atoms with Crippen LogP contribution in [0, 0.1) is 46.3 Å². The average Bonchev–Trinajstić information content (AvgIpc) is 3.30. The van der Waals surface area contributed by atoms with Crippen LogP contribution in [0.1, 0.15) is 116 Å². The van der Waals surface area contributed by atoms with Crippen molar-refractivity contribution in [2.75, 3.05) is 0 Å². The summed E-state index contributed by atoms with van der Waals surface area (Å²) >= 11 is 0. The molecule has 4 aliphatic rings. The summed E-state index contributed by atoms with van der Waals surface area (Å²) in [6.07, 6.45) is 16.8. The van der Waals surface area contributed by atoms with Crippen LogP contribution in [0.25, 0.3) is 10.8 Å². The summed E-state index contributed by atoms with van der Waals surface area (Å²) in [4.78, 5) is 13.3. The van der Waals surface area contributed by atoms with Crippen LogP contribution in [0.15, 0.2) is 54.1 Å². The van der Waals surface area contributed by atoms with E-state index >= 15 is 0 Å². The fraction of sp³-hybridized carbons (Fsp3) is 0.658. The quantitative estimate of drug-likeness (QED) is 0.258. The molecule has 4 aliphatic carbocycles. The number of allylic oxidation sites excluding steroid dienone is 1. The molecule has 216 valence electrons. The number of ether oxygens (including phenoxy) is 1. The van der Waals surface area contributed by atoms with Crippen molar-refractivity contribution in [2.24, 2.45) is 46.3 Å². The molecule has 3 saturated carbocycles. The third-order valence-corrected chi connectivity index (χ3v) is 12.5. The number of benzene rings is 2. The van der Waals surface area contributed by atoms with E-state index in [1.807, 2.05) is 30.3 Å². The van der Waals surface area contributed by atoms with Crippen molar-refractivity contribution < 1.29 is 9.53 Å². The van der Waals surface area contributed by atoms with Gasteiger partial charge in [0.1, 0.15) is 6.10 Å². The normalized spacial score (nSPS) is 36.0. The summed E-state index contributed by atoms with van der Waals surface area (Å²) in [7, 11) is 0. The third kappa shape index (κ3) is 4.86. The summed E-state index contributed by atoms with van der Waals surface area (Å²) in [5, 5.41) is 2.09. The van der Waals surface area contributed by atoms with Crippen LogP contribution in [-0.2, 0) is 4.74 Å². The first-order valence-corrected chi connectivity index (χ1v) is 16.6. The maximum atomic E-state index is 13.3. The number of hydrogen-bond donors (Lipinski definition) is 0. The fourth-order valence-electron chi connectivity index (χ4n) is 10.4. The summed E-state index contributed by atoms with van der Waals surface area (Å²) in [6, 6.07) is 14.1. The number of carbonyl (C=O) groups is 1. The zero-order chi connectivity index (χ0) is 28.1. The Morgan fingerprint density at radius 3 is 2.55 bits per heavy atom. The Labute approximate surface area is 243 Å². The van der Waals surface area contributed by atoms with Crippen LogP contribution in [0.4, 0.5) is 0 Å². The smallest absolute Gasteiger partial charge is 0.339 e. The maximum Gasteiger partial charge on any atom is 0.339 e. The second kappa shape index (κ2) is 11.0. The lowest BCUT2D eigenvalue weighted by atomic mass is 9.47. The van der Waals surface area contributed by atoms with E-state index in [1.165, 1.54) is 51.4 Å². The molecule has 1 unspecified atom stereocenters. The molecule has 6 rings (SSSR count). The molecule has 0 amide bonds. The summed E-state index contributed by atoms with van der Waals surface area (Å²) in [5.41, 5.74) is 3.11. The van der Waals surface area contributed by atoms with E-state index in [2.05, 4.69) is 52.8 Å². The number of hydrogen-bond acceptors (Lipinski definition) is 2. The average molecular weight is 541 g/mol. The predicted octanol–water partition coefficient (Wildman–Crippen LogP) is 10.4. The first-order chi connectivity index (χ1) is 19.2. The van der Waals surface area contributed by atoms with E-state index < -0.39 is 0 Å². The molecule has 0 bridgehead atoms. The molecule has 2 aromatic rings. The lowest BCUT2D eigenvalue weighted by molar-refractivity contribution is -0.0594. The molecule has 0 saturated heterocycles. The van der Waals surface area contributed by atoms with Crippen molar-refractivity contribution in [3.8, 4) is 0 Å². The zero-order valence-electron chi connectivity index (χ0n) is 25.8. The SMILES string of the molecule is CC(C)CCC[C@@H](C)[C@H]1CC[C@H]2[C@@H]3CC=C4CC(OC(=O)c5cccc6ccccc56)CC[C@]4(C)[C@H]3CC[C@]12C. The Balaban J connectivity index is 1.14. The van der Waals surface area contributed by atoms with Gasteiger partial charge in [0.15, 0.2) is 0 Å². The van der Waals surface area contributed by atoms with Gasteiger partial charge in [-0.3, -0.25) is 0 Å². The Kier molecular flexibility index (Phi) is 7.68. The molecule has 0 heterocycles. The van der Waals surface area contributed by atoms with Crippen LogP contribution in [-0.4, -0.2) is 12.1 Å². The van der Waals surface area contributed by atoms with Gasteiger partial charge < -0.3 is 4.74 Å². The number of rotatable bonds is 7. The monoisotopic (exact) mass is 540 g/mol. The predicted molar refractivity (Wildman–Crippen MR) is 166 cm³/mol. The first-order valence-electron chi connectivity index (χ1n) is 16.6. The highest BCUT2D eigenvalue weighted by molar-refractivity contribution is 6.04. The molecule has 2 nitrogen and oxygen atoms in total. The van der Waals surface area contributed by atoms with E-state index in [9.17, 15) is 4.79 Å². The zero-order valence-corrected chi connectivity index (χ0v) is 25.8. The minimum Gasteiger partial charge on any atom is -0.458 e. The van der Waals surface area contributed by atoms with Crippen LogP contribution in [0.2, 0.25) is 0 Å². The highest BCUT2D eigenvalue weighted by Crippen LogP contribution is 2.67. The summed E-state index contributed by atoms with van der Waals surface area (Å²) < 4.78 is 6.21. The van der Waals surface area contributed by atoms with Crippen molar-refractivity contribution >= 4 is 16.7 Å². The highest BCUT2D eigenvalue weighted by Gasteiger charge is 2.59. The largest absolute Gasteiger partial charge is 0.458 e. The van der Waals surface area contributed by atoms with Gasteiger partial charge in [-0.15, -0.1) is 0 Å². The summed E-state index contributed by atoms with van der Waals surface area (Å²) in [6.45, 7) is 12.6. The fourth-order valence-corrected chi connectivity index (χ4v) is 10.4. The van der Waals surface area contributed by atoms with E-state index in [0.717, 1.165) is 65.5 Å². The maximum absolute atomic E-state index is 13.3. The second-order valence-electron chi connectivity index (χ2n) is 15.1. The molecule has 2 aromatic carbocycles. The Hall–Kier alpha value is -2.09. The van der Waals surface area contributed by atoms with Gasteiger partial charge >= 0.3 is 5.97 Å². The molecule has 2 heteroatoms. The van der Waals surface area contributed by atoms with E-state index in [-0.39, 0.29) is 17.5 Å². The standard InChI is InChI=1S/C38H52O2/c1-25(2)10-8-11-26(3)33-18-19-34-32-17-16-28-24-29(20-22-37(28,4)35(32)21-23-38(33,34)5)40-36(39)31-15-9-13-27-12-6-7-14-30(27)31/h6-7,9,12-16,25-26,29,32-35H,8,10-11,17-24H2,1-5H3/t26-,29?,32+,33-,34+,35+,37+,38-/m1/s1. The molecule has 3 fully saturated rings. The molecule has 0 aromatic heterocycles. The number of carbonyl (C=O) groups excluding carboxylic acids is 1. The van der Waals surface area contributed by atoms with Crippen LogP contribution < -0.4 is 0 Å². The molecule has 0 radical (unpaired) electrons. The lowest BCUT2D eigenvalue weighted by Gasteiger charge is -2.58. The van der Waals surface area contributed by atoms with E-state index in [4.69, 9.17) is 4.74 Å². The van der Waals surface area contributed by atoms with E-state index in [1.54, 1.807) is 5.57 Å². The molecule has 0 aliphatic heterocycles. The van der Waals surface area contributed by atoms with Gasteiger partial charge in [-0.2, -0.15) is 0 Å². The Bertz CT molecular complexity index is 1250. The van der Waals surface area contributed by atoms with Crippen molar-refractivity contribution in [3.63, 3.8) is 0 Å². The van der Waals surface area contributed by atoms with Crippen LogP contribution in [0.3, 0.4) is 0 Å². The van der Waals surface area contributed by atoms with Crippen LogP contribution in [0.5, 0.6) is 0 Å². The Morgan fingerprint density at radius 1 is 0.925 bits per heavy atom. The molecular formula is C38H52O2. The van der Waals surface area contributed by atoms with Crippen LogP contribution >= 0.6 is 0 Å². The highest BCUT2D eigenvalue weighted by atomic mass is 16.5. The molecular weight excluding hydrogens is 488 g/mol. The minimum atomic E-state index is -0.160. The van der Waals surface area contributed by atoms with Gasteiger partial charge in [-0.25, -0.2) is 4.79 Å². The Morgan fingerprint density at radius 2 is 1.73 bits per heavy atom. The summed E-state index contributed by atoms with van der Waals surface area (Å²) in [5.74, 6) is 4.98. The van der Waals surface area contributed by atoms with Gasteiger partial charge in [0.05, 0.1) is 5.56 Å². The van der Waals surface area contributed by atoms with Gasteiger partial charge in [0, 0.05) is 6.42 Å².